The molecule has 11 heavy (non-hydrogen) atoms. The van der Waals surface area contributed by atoms with Crippen LogP contribution < -0.4 is 27.2 Å². The maximum Gasteiger partial charge on any atom is 0.136 e. The van der Waals surface area contributed by atoms with Crippen LogP contribution in [0.5, 0.6) is 0 Å². The number of nitrogens with zero attached hydrogens (tertiary/aromatic N) is 2. The van der Waals surface area contributed by atoms with Crippen molar-refractivity contribution in [3.8, 4) is 0 Å². The molecule has 2 bridgehead atoms. The second-order valence-corrected chi connectivity index (χ2v) is 3.32. The summed E-state index contributed by atoms with van der Waals surface area (Å²) < 4.78 is 0. The molecule has 0 radical (unpaired) electrons. The van der Waals surface area contributed by atoms with Gasteiger partial charge in [-0.25, -0.2) is 9.80 Å². The molecule has 2 atom stereocenters. The molecule has 5 heteroatoms. The van der Waals surface area contributed by atoms with Crippen molar-refractivity contribution in [2.45, 2.75) is 0 Å². The van der Waals surface area contributed by atoms with Crippen molar-refractivity contribution < 1.29 is 21.9 Å². The summed E-state index contributed by atoms with van der Waals surface area (Å²) in [6.07, 6.45) is 0. The average Bonchev–Trinajstić information content (AvgIpc) is 1.85. The maximum atomic E-state index is 3.35. The molecule has 0 saturated carbocycles. The first-order valence-electron chi connectivity index (χ1n) is 3.81. The predicted molar refractivity (Wildman–Crippen MR) is 38.0 cm³/mol. The van der Waals surface area contributed by atoms with Crippen LogP contribution in [0.2, 0.25) is 0 Å². The minimum atomic E-state index is 0. The lowest BCUT2D eigenvalue weighted by molar-refractivity contribution is -0.911. The van der Waals surface area contributed by atoms with E-state index in [0.29, 0.717) is 0 Å². The molecule has 2 unspecified atom stereocenters. The average molecular weight is 223 g/mol. The second-order valence-electron chi connectivity index (χ2n) is 3.32. The minimum Gasteiger partial charge on any atom is -1.00 e. The molecule has 2 fully saturated rings. The van der Waals surface area contributed by atoms with Gasteiger partial charge in [-0.3, -0.25) is 5.32 Å². The smallest absolute Gasteiger partial charge is 0.136 e. The monoisotopic (exact) mass is 222 g/mol. The summed E-state index contributed by atoms with van der Waals surface area (Å²) in [6.45, 7) is 5.65. The van der Waals surface area contributed by atoms with Crippen LogP contribution in [0.25, 0.3) is 0 Å². The Bertz CT molecular complexity index is 116. The van der Waals surface area contributed by atoms with Gasteiger partial charge in [0.05, 0.1) is 27.1 Å². The van der Waals surface area contributed by atoms with E-state index in [1.165, 1.54) is 13.3 Å². The van der Waals surface area contributed by atoms with E-state index in [1.807, 2.05) is 0 Å². The largest absolute Gasteiger partial charge is 1.00 e. The van der Waals surface area contributed by atoms with E-state index in [1.54, 1.807) is 4.90 Å². The Kier molecular flexibility index (Phi) is 3.27. The first kappa shape index (κ1) is 9.41. The van der Waals surface area contributed by atoms with Crippen LogP contribution in [0.4, 0.5) is 0 Å². The lowest BCUT2D eigenvalue weighted by atomic mass is 10.5. The van der Waals surface area contributed by atoms with Gasteiger partial charge in [0.25, 0.3) is 0 Å². The number of halogens is 1. The number of hydrogen-bond acceptors (Lipinski definition) is 3. The van der Waals surface area contributed by atoms with Crippen molar-refractivity contribution in [1.82, 2.24) is 15.1 Å². The normalized spacial score (nSPS) is 42.8. The Hall–Kier alpha value is 0.320. The Morgan fingerprint density at radius 3 is 2.27 bits per heavy atom. The van der Waals surface area contributed by atoms with Crippen LogP contribution in [-0.4, -0.2) is 50.2 Å². The highest BCUT2D eigenvalue weighted by atomic mass is 79.9. The van der Waals surface area contributed by atoms with Gasteiger partial charge >= 0.3 is 0 Å². The van der Waals surface area contributed by atoms with Gasteiger partial charge in [0.1, 0.15) is 13.3 Å². The molecule has 0 aromatic carbocycles. The van der Waals surface area contributed by atoms with E-state index in [4.69, 9.17) is 0 Å². The maximum absolute atomic E-state index is 3.35. The highest BCUT2D eigenvalue weighted by Gasteiger charge is 2.26. The minimum absolute atomic E-state index is 0. The molecule has 0 amide bonds. The third kappa shape index (κ3) is 2.13. The Balaban J connectivity index is 0.000000605. The van der Waals surface area contributed by atoms with Crippen molar-refractivity contribution in [2.75, 3.05) is 40.4 Å². The van der Waals surface area contributed by atoms with Crippen LogP contribution in [-0.2, 0) is 0 Å². The molecule has 0 aromatic rings. The Morgan fingerprint density at radius 2 is 1.73 bits per heavy atom. The van der Waals surface area contributed by atoms with E-state index in [-0.39, 0.29) is 17.0 Å². The lowest BCUT2D eigenvalue weighted by Gasteiger charge is -2.42. The van der Waals surface area contributed by atoms with Crippen LogP contribution >= 0.6 is 0 Å². The molecule has 66 valence electrons. The van der Waals surface area contributed by atoms with Crippen molar-refractivity contribution in [2.24, 2.45) is 0 Å². The molecule has 2 aliphatic heterocycles. The summed E-state index contributed by atoms with van der Waals surface area (Å²) in [7, 11) is 2.24. The zero-order valence-corrected chi connectivity index (χ0v) is 8.39. The number of fused-ring (bicyclic) bond motifs is 2. The first-order valence-corrected chi connectivity index (χ1v) is 3.81. The van der Waals surface area contributed by atoms with Crippen LogP contribution in [0.15, 0.2) is 0 Å². The fraction of sp³-hybridized carbons (Fsp3) is 1.00. The van der Waals surface area contributed by atoms with E-state index >= 15 is 0 Å². The molecule has 2 rings (SSSR count). The Morgan fingerprint density at radius 1 is 1.18 bits per heavy atom. The molecular weight excluding hydrogens is 208 g/mol. The van der Waals surface area contributed by atoms with Gasteiger partial charge in [-0.05, 0) is 0 Å². The van der Waals surface area contributed by atoms with E-state index in [9.17, 15) is 0 Å². The number of rotatable bonds is 0. The summed E-state index contributed by atoms with van der Waals surface area (Å²) in [6, 6.07) is 0. The van der Waals surface area contributed by atoms with E-state index in [0.717, 1.165) is 20.0 Å². The number of quaternary nitrogens is 1. The summed E-state index contributed by atoms with van der Waals surface area (Å²) in [5.74, 6) is 0. The highest BCUT2D eigenvalue weighted by molar-refractivity contribution is 4.62. The highest BCUT2D eigenvalue weighted by Crippen LogP contribution is 1.96. The second kappa shape index (κ2) is 3.82. The molecule has 4 nitrogen and oxygen atoms in total. The zero-order valence-electron chi connectivity index (χ0n) is 6.81. The van der Waals surface area contributed by atoms with Gasteiger partial charge in [0.2, 0.25) is 0 Å². The number of nitrogens with one attached hydrogen (secondary N) is 2. The van der Waals surface area contributed by atoms with Crippen molar-refractivity contribution in [3.05, 3.63) is 0 Å². The zero-order chi connectivity index (χ0) is 6.97. The van der Waals surface area contributed by atoms with Crippen LogP contribution in [0.3, 0.4) is 0 Å². The van der Waals surface area contributed by atoms with Gasteiger partial charge < -0.3 is 21.9 Å². The van der Waals surface area contributed by atoms with Gasteiger partial charge in [0.15, 0.2) is 0 Å². The van der Waals surface area contributed by atoms with Gasteiger partial charge in [-0.15, -0.1) is 0 Å². The quantitative estimate of drug-likeness (QED) is 0.428. The molecule has 0 aliphatic carbocycles. The SMILES string of the molecule is C[NH+]1CN2CNCN(C2)C1.[Br-]. The standard InChI is InChI=1S/C6H14N4.BrH/c1-8-4-9-2-7-3-10(5-8)6-9;/h7H,2-6H2,1H3;1H. The van der Waals surface area contributed by atoms with E-state index < -0.39 is 0 Å². The van der Waals surface area contributed by atoms with Crippen molar-refractivity contribution >= 4 is 0 Å². The molecule has 2 heterocycles. The Labute approximate surface area is 77.9 Å². The third-order valence-electron chi connectivity index (χ3n) is 2.06. The van der Waals surface area contributed by atoms with Crippen LogP contribution in [0.1, 0.15) is 0 Å². The molecular formula is C6H15BrN4. The van der Waals surface area contributed by atoms with Gasteiger partial charge in [-0.1, -0.05) is 0 Å². The summed E-state index contributed by atoms with van der Waals surface area (Å²) in [5.41, 5.74) is 0. The van der Waals surface area contributed by atoms with Crippen molar-refractivity contribution in [3.63, 3.8) is 0 Å². The van der Waals surface area contributed by atoms with Crippen LogP contribution in [0, 0.1) is 0 Å². The fourth-order valence-electron chi connectivity index (χ4n) is 1.77. The molecule has 2 N–H and O–H groups in total. The number of hydrogen-bond donors (Lipinski definition) is 2. The fourth-order valence-corrected chi connectivity index (χ4v) is 1.77. The summed E-state index contributed by atoms with van der Waals surface area (Å²) >= 11 is 0. The van der Waals surface area contributed by atoms with Crippen molar-refractivity contribution in [1.29, 1.82) is 0 Å². The molecule has 2 aliphatic rings. The molecule has 0 aromatic heterocycles. The first-order chi connectivity index (χ1) is 4.84. The topological polar surface area (TPSA) is 23.0 Å². The third-order valence-corrected chi connectivity index (χ3v) is 2.06. The molecule has 2 saturated heterocycles. The van der Waals surface area contributed by atoms with Gasteiger partial charge in [-0.2, -0.15) is 0 Å². The summed E-state index contributed by atoms with van der Waals surface area (Å²) in [4.78, 5) is 6.43. The van der Waals surface area contributed by atoms with E-state index in [2.05, 4.69) is 22.2 Å². The predicted octanol–water partition coefficient (Wildman–Crippen LogP) is -5.49. The lowest BCUT2D eigenvalue weighted by Crippen LogP contribution is -3.14. The molecule has 0 spiro atoms. The summed E-state index contributed by atoms with van der Waals surface area (Å²) in [5, 5.41) is 3.35. The van der Waals surface area contributed by atoms with Gasteiger partial charge in [0, 0.05) is 0 Å².